The SMILES string of the molecule is CCOC(=O)[C@H]1[C@H](c2ccc(C)cc2)N1c1ccccc1. The van der Waals surface area contributed by atoms with Crippen molar-refractivity contribution < 1.29 is 9.53 Å². The van der Waals surface area contributed by atoms with Crippen LogP contribution in [0.5, 0.6) is 0 Å². The zero-order chi connectivity index (χ0) is 14.8. The first-order valence-electron chi connectivity index (χ1n) is 7.29. The van der Waals surface area contributed by atoms with Crippen LogP contribution < -0.4 is 4.90 Å². The second kappa shape index (κ2) is 5.60. The van der Waals surface area contributed by atoms with Gasteiger partial charge in [0, 0.05) is 5.69 Å². The molecule has 0 amide bonds. The van der Waals surface area contributed by atoms with Crippen molar-refractivity contribution in [2.45, 2.75) is 25.9 Å². The minimum Gasteiger partial charge on any atom is -0.464 e. The first kappa shape index (κ1) is 13.7. The van der Waals surface area contributed by atoms with Crippen LogP contribution in [0.4, 0.5) is 5.69 Å². The van der Waals surface area contributed by atoms with Crippen molar-refractivity contribution in [3.63, 3.8) is 0 Å². The zero-order valence-electron chi connectivity index (χ0n) is 12.3. The molecule has 3 rings (SSSR count). The largest absolute Gasteiger partial charge is 0.464 e. The molecule has 0 spiro atoms. The summed E-state index contributed by atoms with van der Waals surface area (Å²) in [6.07, 6.45) is 0. The monoisotopic (exact) mass is 281 g/mol. The van der Waals surface area contributed by atoms with Crippen LogP contribution in [0.25, 0.3) is 0 Å². The van der Waals surface area contributed by atoms with E-state index in [-0.39, 0.29) is 18.1 Å². The Morgan fingerprint density at radius 1 is 1.10 bits per heavy atom. The van der Waals surface area contributed by atoms with Gasteiger partial charge in [-0.05, 0) is 31.5 Å². The van der Waals surface area contributed by atoms with Crippen molar-refractivity contribution in [1.82, 2.24) is 0 Å². The van der Waals surface area contributed by atoms with Gasteiger partial charge < -0.3 is 9.64 Å². The van der Waals surface area contributed by atoms with E-state index in [0.29, 0.717) is 6.61 Å². The number of benzene rings is 2. The zero-order valence-corrected chi connectivity index (χ0v) is 12.3. The molecule has 3 heteroatoms. The Balaban J connectivity index is 1.89. The molecule has 1 aliphatic heterocycles. The number of para-hydroxylation sites is 1. The summed E-state index contributed by atoms with van der Waals surface area (Å²) in [5.41, 5.74) is 3.43. The quantitative estimate of drug-likeness (QED) is 0.634. The van der Waals surface area contributed by atoms with Crippen molar-refractivity contribution in [1.29, 1.82) is 0 Å². The molecule has 0 aliphatic carbocycles. The Hall–Kier alpha value is -2.29. The van der Waals surface area contributed by atoms with Gasteiger partial charge >= 0.3 is 5.97 Å². The summed E-state index contributed by atoms with van der Waals surface area (Å²) in [6.45, 7) is 4.32. The molecule has 108 valence electrons. The molecule has 0 aromatic heterocycles. The lowest BCUT2D eigenvalue weighted by atomic mass is 10.1. The molecule has 1 aliphatic rings. The molecule has 21 heavy (non-hydrogen) atoms. The van der Waals surface area contributed by atoms with Crippen LogP contribution in [0, 0.1) is 6.92 Å². The van der Waals surface area contributed by atoms with Crippen molar-refractivity contribution in [2.24, 2.45) is 0 Å². The van der Waals surface area contributed by atoms with Crippen LogP contribution in [0.3, 0.4) is 0 Å². The topological polar surface area (TPSA) is 29.3 Å². The third-order valence-electron chi connectivity index (χ3n) is 3.81. The van der Waals surface area contributed by atoms with Crippen LogP contribution in [0.2, 0.25) is 0 Å². The molecular weight excluding hydrogens is 262 g/mol. The van der Waals surface area contributed by atoms with Gasteiger partial charge in [0.1, 0.15) is 0 Å². The van der Waals surface area contributed by atoms with Gasteiger partial charge in [0.05, 0.1) is 12.6 Å². The number of carbonyl (C=O) groups excluding carboxylic acids is 1. The molecule has 2 aromatic rings. The highest BCUT2D eigenvalue weighted by atomic mass is 16.5. The Bertz CT molecular complexity index is 621. The number of carbonyl (C=O) groups is 1. The molecule has 0 N–H and O–H groups in total. The van der Waals surface area contributed by atoms with Crippen LogP contribution in [-0.4, -0.2) is 18.6 Å². The van der Waals surface area contributed by atoms with Gasteiger partial charge in [-0.25, -0.2) is 4.79 Å². The number of hydrogen-bond donors (Lipinski definition) is 0. The molecular formula is C18H19NO2. The van der Waals surface area contributed by atoms with E-state index in [1.807, 2.05) is 37.3 Å². The molecule has 0 radical (unpaired) electrons. The van der Waals surface area contributed by atoms with E-state index < -0.39 is 0 Å². The number of aryl methyl sites for hydroxylation is 1. The lowest BCUT2D eigenvalue weighted by Crippen LogP contribution is -2.15. The van der Waals surface area contributed by atoms with Crippen molar-refractivity contribution in [3.8, 4) is 0 Å². The first-order valence-corrected chi connectivity index (χ1v) is 7.29. The molecule has 0 bridgehead atoms. The standard InChI is InChI=1S/C18H19NO2/c1-3-21-18(20)17-16(14-11-9-13(2)10-12-14)19(17)15-7-5-4-6-8-15/h4-12,16-17H,3H2,1-2H3/t16-,17+,19?/m0/s1. The average molecular weight is 281 g/mol. The van der Waals surface area contributed by atoms with Crippen LogP contribution in [0.15, 0.2) is 54.6 Å². The summed E-state index contributed by atoms with van der Waals surface area (Å²) in [6, 6.07) is 18.2. The summed E-state index contributed by atoms with van der Waals surface area (Å²) in [5, 5.41) is 0. The third kappa shape index (κ3) is 2.64. The predicted molar refractivity (Wildman–Crippen MR) is 83.3 cm³/mol. The minimum absolute atomic E-state index is 0.0760. The fourth-order valence-corrected chi connectivity index (χ4v) is 2.73. The second-order valence-corrected chi connectivity index (χ2v) is 5.30. The van der Waals surface area contributed by atoms with E-state index in [9.17, 15) is 4.79 Å². The van der Waals surface area contributed by atoms with Gasteiger partial charge in [-0.15, -0.1) is 0 Å². The maximum Gasteiger partial charge on any atom is 0.331 e. The lowest BCUT2D eigenvalue weighted by molar-refractivity contribution is -0.142. The fraction of sp³-hybridized carbons (Fsp3) is 0.278. The fourth-order valence-electron chi connectivity index (χ4n) is 2.73. The Kier molecular flexibility index (Phi) is 3.65. The number of nitrogens with zero attached hydrogens (tertiary/aromatic N) is 1. The normalized spacial score (nSPS) is 20.2. The van der Waals surface area contributed by atoms with Crippen molar-refractivity contribution in [2.75, 3.05) is 11.5 Å². The first-order chi connectivity index (χ1) is 10.2. The molecule has 0 saturated carbocycles. The highest BCUT2D eigenvalue weighted by Crippen LogP contribution is 2.47. The van der Waals surface area contributed by atoms with E-state index in [1.165, 1.54) is 5.56 Å². The molecule has 2 atom stereocenters. The molecule has 0 unspecified atom stereocenters. The molecule has 1 heterocycles. The van der Waals surface area contributed by atoms with Gasteiger partial charge in [0.15, 0.2) is 6.04 Å². The van der Waals surface area contributed by atoms with E-state index >= 15 is 0 Å². The van der Waals surface area contributed by atoms with Crippen molar-refractivity contribution >= 4 is 11.7 Å². The molecule has 1 fully saturated rings. The maximum absolute atomic E-state index is 12.2. The van der Waals surface area contributed by atoms with Crippen LogP contribution in [-0.2, 0) is 9.53 Å². The summed E-state index contributed by atoms with van der Waals surface area (Å²) in [4.78, 5) is 14.3. The highest BCUT2D eigenvalue weighted by Gasteiger charge is 2.54. The average Bonchev–Trinajstić information content (AvgIpc) is 3.25. The lowest BCUT2D eigenvalue weighted by Gasteiger charge is -2.06. The van der Waals surface area contributed by atoms with E-state index in [1.54, 1.807) is 0 Å². The van der Waals surface area contributed by atoms with E-state index in [2.05, 4.69) is 36.1 Å². The van der Waals surface area contributed by atoms with Gasteiger partial charge in [-0.3, -0.25) is 0 Å². The summed E-state index contributed by atoms with van der Waals surface area (Å²) < 4.78 is 5.21. The number of hydrogen-bond acceptors (Lipinski definition) is 3. The van der Waals surface area contributed by atoms with Gasteiger partial charge in [0.25, 0.3) is 0 Å². The van der Waals surface area contributed by atoms with E-state index in [4.69, 9.17) is 4.74 Å². The van der Waals surface area contributed by atoms with Gasteiger partial charge in [0.2, 0.25) is 0 Å². The van der Waals surface area contributed by atoms with Gasteiger partial charge in [-0.1, -0.05) is 48.0 Å². The summed E-state index contributed by atoms with van der Waals surface area (Å²) in [5.74, 6) is -0.146. The van der Waals surface area contributed by atoms with E-state index in [0.717, 1.165) is 11.3 Å². The molecule has 3 nitrogen and oxygen atoms in total. The predicted octanol–water partition coefficient (Wildman–Crippen LogP) is 3.49. The Morgan fingerprint density at radius 3 is 2.38 bits per heavy atom. The maximum atomic E-state index is 12.2. The molecule has 1 saturated heterocycles. The molecule has 2 aromatic carbocycles. The van der Waals surface area contributed by atoms with Crippen LogP contribution >= 0.6 is 0 Å². The number of anilines is 1. The van der Waals surface area contributed by atoms with Gasteiger partial charge in [-0.2, -0.15) is 0 Å². The summed E-state index contributed by atoms with van der Waals surface area (Å²) >= 11 is 0. The highest BCUT2D eigenvalue weighted by molar-refractivity contribution is 5.88. The summed E-state index contributed by atoms with van der Waals surface area (Å²) in [7, 11) is 0. The Morgan fingerprint density at radius 2 is 1.76 bits per heavy atom. The Labute approximate surface area is 125 Å². The third-order valence-corrected chi connectivity index (χ3v) is 3.81. The second-order valence-electron chi connectivity index (χ2n) is 5.30. The van der Waals surface area contributed by atoms with Crippen molar-refractivity contribution in [3.05, 3.63) is 65.7 Å². The smallest absolute Gasteiger partial charge is 0.331 e. The number of rotatable bonds is 4. The number of esters is 1. The minimum atomic E-state index is -0.213. The number of ether oxygens (including phenoxy) is 1. The van der Waals surface area contributed by atoms with Crippen LogP contribution in [0.1, 0.15) is 24.1 Å².